The van der Waals surface area contributed by atoms with Crippen molar-refractivity contribution in [2.75, 3.05) is 36.5 Å². The van der Waals surface area contributed by atoms with Gasteiger partial charge in [-0.15, -0.1) is 0 Å². The number of hydrogen-bond acceptors (Lipinski definition) is 7. The summed E-state index contributed by atoms with van der Waals surface area (Å²) >= 11 is 0. The Morgan fingerprint density at radius 3 is 2.57 bits per heavy atom. The molecule has 192 valence electrons. The van der Waals surface area contributed by atoms with Crippen LogP contribution in [0, 0.1) is 13.8 Å². The van der Waals surface area contributed by atoms with Crippen LogP contribution in [0.4, 0.5) is 11.5 Å². The fraction of sp³-hybridized carbons (Fsp3) is 0.429. The zero-order valence-corrected chi connectivity index (χ0v) is 21.5. The topological polar surface area (TPSA) is 101 Å². The summed E-state index contributed by atoms with van der Waals surface area (Å²) in [5, 5.41) is 3.41. The molecule has 9 nitrogen and oxygen atoms in total. The molecule has 4 aromatic rings. The predicted octanol–water partition coefficient (Wildman–Crippen LogP) is 4.36. The van der Waals surface area contributed by atoms with Crippen LogP contribution in [0.2, 0.25) is 0 Å². The van der Waals surface area contributed by atoms with Gasteiger partial charge in [0.15, 0.2) is 17.3 Å². The van der Waals surface area contributed by atoms with Gasteiger partial charge in [-0.25, -0.2) is 15.0 Å². The number of aromatic nitrogens is 5. The van der Waals surface area contributed by atoms with Gasteiger partial charge in [-0.1, -0.05) is 12.8 Å². The monoisotopic (exact) mass is 499 g/mol. The van der Waals surface area contributed by atoms with Crippen molar-refractivity contribution in [2.24, 2.45) is 0 Å². The van der Waals surface area contributed by atoms with Crippen LogP contribution >= 0.6 is 0 Å². The van der Waals surface area contributed by atoms with Crippen molar-refractivity contribution >= 4 is 22.7 Å². The van der Waals surface area contributed by atoms with E-state index in [2.05, 4.69) is 44.0 Å². The molecule has 0 amide bonds. The average molecular weight is 500 g/mol. The smallest absolute Gasteiger partial charge is 0.253 e. The molecule has 2 N–H and O–H groups in total. The molecule has 0 spiro atoms. The number of ether oxygens (including phenoxy) is 1. The van der Waals surface area contributed by atoms with E-state index in [1.165, 1.54) is 18.5 Å². The molecule has 2 aliphatic rings. The maximum Gasteiger partial charge on any atom is 0.253 e. The van der Waals surface area contributed by atoms with Crippen LogP contribution in [-0.4, -0.2) is 50.8 Å². The van der Waals surface area contributed by atoms with E-state index in [0.717, 1.165) is 67.1 Å². The molecule has 3 aromatic heterocycles. The van der Waals surface area contributed by atoms with Gasteiger partial charge in [-0.05, 0) is 62.6 Å². The lowest BCUT2D eigenvalue weighted by Crippen LogP contribution is -2.36. The molecule has 4 heterocycles. The first kappa shape index (κ1) is 23.7. The molecule has 0 bridgehead atoms. The largest absolute Gasteiger partial charge is 0.378 e. The van der Waals surface area contributed by atoms with E-state index < -0.39 is 0 Å². The van der Waals surface area contributed by atoms with Crippen LogP contribution in [0.15, 0.2) is 41.5 Å². The number of aryl methyl sites for hydroxylation is 2. The Morgan fingerprint density at radius 2 is 1.84 bits per heavy atom. The number of imidazole rings is 1. The number of pyridine rings is 1. The van der Waals surface area contributed by atoms with Crippen molar-refractivity contribution in [2.45, 2.75) is 52.1 Å². The molecule has 6 rings (SSSR count). The summed E-state index contributed by atoms with van der Waals surface area (Å²) in [7, 11) is 0. The summed E-state index contributed by atoms with van der Waals surface area (Å²) in [6.45, 7) is 7.52. The predicted molar refractivity (Wildman–Crippen MR) is 145 cm³/mol. The highest BCUT2D eigenvalue weighted by Crippen LogP contribution is 2.34. The molecular formula is C28H33N7O2. The SMILES string of the molecule is Cc1cc(C)c(CNc2nc(-c3ccc(N4CCOCC4)cc3)nc3c2ncn3C2CCCC2)c(=O)[nH]1. The van der Waals surface area contributed by atoms with Crippen LogP contribution in [0.25, 0.3) is 22.6 Å². The summed E-state index contributed by atoms with van der Waals surface area (Å²) in [4.78, 5) is 32.5. The van der Waals surface area contributed by atoms with Crippen LogP contribution in [0.5, 0.6) is 0 Å². The maximum atomic E-state index is 12.6. The Labute approximate surface area is 215 Å². The number of fused-ring (bicyclic) bond motifs is 1. The number of rotatable bonds is 6. The van der Waals surface area contributed by atoms with Crippen molar-refractivity contribution in [3.05, 3.63) is 63.8 Å². The van der Waals surface area contributed by atoms with Crippen LogP contribution < -0.4 is 15.8 Å². The second-order valence-electron chi connectivity index (χ2n) is 10.1. The molecule has 1 aliphatic heterocycles. The fourth-order valence-corrected chi connectivity index (χ4v) is 5.53. The van der Waals surface area contributed by atoms with Crippen molar-refractivity contribution in [3.63, 3.8) is 0 Å². The third-order valence-corrected chi connectivity index (χ3v) is 7.57. The molecule has 1 aromatic carbocycles. The van der Waals surface area contributed by atoms with Crippen LogP contribution in [0.3, 0.4) is 0 Å². The quantitative estimate of drug-likeness (QED) is 0.406. The first-order valence-corrected chi connectivity index (χ1v) is 13.2. The van der Waals surface area contributed by atoms with Gasteiger partial charge in [0.25, 0.3) is 5.56 Å². The molecule has 0 radical (unpaired) electrons. The van der Waals surface area contributed by atoms with E-state index in [9.17, 15) is 4.79 Å². The molecule has 0 atom stereocenters. The van der Waals surface area contributed by atoms with Gasteiger partial charge >= 0.3 is 0 Å². The molecule has 2 fully saturated rings. The number of nitrogens with zero attached hydrogens (tertiary/aromatic N) is 5. The lowest BCUT2D eigenvalue weighted by atomic mass is 10.1. The third kappa shape index (κ3) is 4.71. The van der Waals surface area contributed by atoms with Crippen molar-refractivity contribution in [1.29, 1.82) is 0 Å². The van der Waals surface area contributed by atoms with Crippen molar-refractivity contribution in [3.8, 4) is 11.4 Å². The summed E-state index contributed by atoms with van der Waals surface area (Å²) < 4.78 is 7.70. The number of anilines is 2. The highest BCUT2D eigenvalue weighted by molar-refractivity contribution is 5.85. The molecular weight excluding hydrogens is 466 g/mol. The second-order valence-corrected chi connectivity index (χ2v) is 10.1. The Hall–Kier alpha value is -3.72. The number of nitrogens with one attached hydrogen (secondary N) is 2. The van der Waals surface area contributed by atoms with E-state index >= 15 is 0 Å². The number of hydrogen-bond donors (Lipinski definition) is 2. The van der Waals surface area contributed by atoms with Gasteiger partial charge in [0.05, 0.1) is 19.5 Å². The van der Waals surface area contributed by atoms with Gasteiger partial charge in [-0.2, -0.15) is 0 Å². The van der Waals surface area contributed by atoms with Crippen molar-refractivity contribution < 1.29 is 4.74 Å². The molecule has 9 heteroatoms. The normalized spacial score (nSPS) is 16.5. The molecule has 0 unspecified atom stereocenters. The minimum Gasteiger partial charge on any atom is -0.378 e. The average Bonchev–Trinajstić information content (AvgIpc) is 3.59. The minimum atomic E-state index is -0.0780. The van der Waals surface area contributed by atoms with Gasteiger partial charge in [-0.3, -0.25) is 4.79 Å². The molecule has 1 aliphatic carbocycles. The first-order chi connectivity index (χ1) is 18.1. The lowest BCUT2D eigenvalue weighted by molar-refractivity contribution is 0.122. The summed E-state index contributed by atoms with van der Waals surface area (Å²) in [5.41, 5.74) is 6.13. The van der Waals surface area contributed by atoms with E-state index in [-0.39, 0.29) is 5.56 Å². The molecule has 1 saturated carbocycles. The second kappa shape index (κ2) is 9.97. The number of H-pyrrole nitrogens is 1. The highest BCUT2D eigenvalue weighted by Gasteiger charge is 2.22. The summed E-state index contributed by atoms with van der Waals surface area (Å²) in [6, 6.07) is 10.8. The van der Waals surface area contributed by atoms with E-state index in [4.69, 9.17) is 19.7 Å². The Kier molecular flexibility index (Phi) is 6.38. The minimum absolute atomic E-state index is 0.0780. The van der Waals surface area contributed by atoms with Crippen molar-refractivity contribution in [1.82, 2.24) is 24.5 Å². The van der Waals surface area contributed by atoms with Crippen LogP contribution in [-0.2, 0) is 11.3 Å². The highest BCUT2D eigenvalue weighted by atomic mass is 16.5. The standard InChI is InChI=1S/C28H33N7O2/c1-18-15-19(2)31-28(36)23(18)16-29-26-24-27(35(17-30-24)22-5-3-4-6-22)33-25(32-26)20-7-9-21(10-8-20)34-11-13-37-14-12-34/h7-10,15,17,22H,3-6,11-14,16H2,1-2H3,(H,31,36)(H,29,32,33). The third-order valence-electron chi connectivity index (χ3n) is 7.57. The van der Waals surface area contributed by atoms with Gasteiger partial charge < -0.3 is 24.5 Å². The van der Waals surface area contributed by atoms with Gasteiger partial charge in [0.1, 0.15) is 5.52 Å². The summed E-state index contributed by atoms with van der Waals surface area (Å²) in [6.07, 6.45) is 6.63. The number of aromatic amines is 1. The number of morpholine rings is 1. The fourth-order valence-electron chi connectivity index (χ4n) is 5.53. The van der Waals surface area contributed by atoms with E-state index in [1.807, 2.05) is 26.2 Å². The van der Waals surface area contributed by atoms with Crippen LogP contribution in [0.1, 0.15) is 48.5 Å². The zero-order valence-electron chi connectivity index (χ0n) is 21.5. The number of benzene rings is 1. The Bertz CT molecular complexity index is 1460. The summed E-state index contributed by atoms with van der Waals surface area (Å²) in [5.74, 6) is 1.30. The maximum absolute atomic E-state index is 12.6. The molecule has 1 saturated heterocycles. The van der Waals surface area contributed by atoms with E-state index in [0.29, 0.717) is 29.8 Å². The first-order valence-electron chi connectivity index (χ1n) is 13.2. The van der Waals surface area contributed by atoms with Gasteiger partial charge in [0, 0.05) is 48.2 Å². The van der Waals surface area contributed by atoms with Gasteiger partial charge in [0.2, 0.25) is 0 Å². The molecule has 37 heavy (non-hydrogen) atoms. The lowest BCUT2D eigenvalue weighted by Gasteiger charge is -2.28. The Morgan fingerprint density at radius 1 is 1.08 bits per heavy atom. The van der Waals surface area contributed by atoms with E-state index in [1.54, 1.807) is 0 Å². The Balaban J connectivity index is 1.37. The zero-order chi connectivity index (χ0) is 25.4.